The zero-order valence-corrected chi connectivity index (χ0v) is 39.4. The summed E-state index contributed by atoms with van der Waals surface area (Å²) >= 11 is 0. The number of aromatic nitrogens is 1. The highest BCUT2D eigenvalue weighted by Crippen LogP contribution is 2.51. The van der Waals surface area contributed by atoms with Crippen molar-refractivity contribution in [1.82, 2.24) is 4.57 Å². The van der Waals surface area contributed by atoms with Gasteiger partial charge in [-0.1, -0.05) is 115 Å². The van der Waals surface area contributed by atoms with E-state index in [1.165, 1.54) is 122 Å². The minimum atomic E-state index is -0.0578. The van der Waals surface area contributed by atoms with Crippen molar-refractivity contribution in [3.8, 4) is 17.2 Å². The number of fused-ring (bicyclic) bond motifs is 14. The Morgan fingerprint density at radius 3 is 1.83 bits per heavy atom. The van der Waals surface area contributed by atoms with Crippen molar-refractivity contribution in [2.45, 2.75) is 38.5 Å². The molecule has 0 N–H and O–H groups in total. The van der Waals surface area contributed by atoms with E-state index in [9.17, 15) is 0 Å². The van der Waals surface area contributed by atoms with Crippen molar-refractivity contribution in [3.63, 3.8) is 0 Å². The lowest BCUT2D eigenvalue weighted by molar-refractivity contribution is 0.487. The molecule has 71 heavy (non-hydrogen) atoms. The molecule has 8 heterocycles. The van der Waals surface area contributed by atoms with Gasteiger partial charge in [-0.25, -0.2) is 0 Å². The van der Waals surface area contributed by atoms with E-state index in [0.29, 0.717) is 0 Å². The lowest BCUT2D eigenvalue weighted by atomic mass is 9.30. The second-order valence-corrected chi connectivity index (χ2v) is 20.8. The summed E-state index contributed by atoms with van der Waals surface area (Å²) in [6.45, 7) is 2.94. The van der Waals surface area contributed by atoms with Gasteiger partial charge in [-0.3, -0.25) is 0 Å². The van der Waals surface area contributed by atoms with Crippen molar-refractivity contribution in [1.29, 1.82) is 0 Å². The fourth-order valence-corrected chi connectivity index (χ4v) is 14.5. The van der Waals surface area contributed by atoms with E-state index < -0.39 is 0 Å². The summed E-state index contributed by atoms with van der Waals surface area (Å²) in [6, 6.07) is 67.2. The minimum absolute atomic E-state index is 0.0410. The van der Waals surface area contributed by atoms with Gasteiger partial charge in [0.05, 0.1) is 16.7 Å². The summed E-state index contributed by atoms with van der Waals surface area (Å²) in [5.41, 5.74) is 27.7. The van der Waals surface area contributed by atoms with Crippen LogP contribution in [0.25, 0.3) is 27.5 Å². The molecule has 7 aliphatic rings. The molecule has 0 unspecified atom stereocenters. The molecule has 9 aromatic carbocycles. The van der Waals surface area contributed by atoms with Gasteiger partial charge in [0.25, 0.3) is 13.4 Å². The Morgan fingerprint density at radius 2 is 1.01 bits per heavy atom. The number of hydrogen-bond donors (Lipinski definition) is 0. The highest BCUT2D eigenvalue weighted by molar-refractivity contribution is 7.03. The second kappa shape index (κ2) is 14.3. The fraction of sp³-hybridized carbons (Fsp3) is 0.143. The molecule has 0 spiro atoms. The highest BCUT2D eigenvalue weighted by atomic mass is 16.5. The van der Waals surface area contributed by atoms with Gasteiger partial charge in [-0.15, -0.1) is 0 Å². The molecule has 6 nitrogen and oxygen atoms in total. The lowest BCUT2D eigenvalue weighted by Gasteiger charge is -2.45. The van der Waals surface area contributed by atoms with Crippen molar-refractivity contribution < 1.29 is 4.74 Å². The number of rotatable bonds is 3. The maximum absolute atomic E-state index is 7.19. The molecule has 7 aliphatic heterocycles. The molecule has 0 atom stereocenters. The minimum Gasteiger partial charge on any atom is -0.458 e. The van der Waals surface area contributed by atoms with Crippen LogP contribution in [-0.4, -0.2) is 37.6 Å². The molecule has 10 aromatic rings. The number of ether oxygens (including phenoxy) is 1. The lowest BCUT2D eigenvalue weighted by Crippen LogP contribution is -2.64. The van der Waals surface area contributed by atoms with Crippen LogP contribution in [0.4, 0.5) is 51.2 Å². The predicted molar refractivity (Wildman–Crippen MR) is 297 cm³/mol. The van der Waals surface area contributed by atoms with Gasteiger partial charge in [0.15, 0.2) is 0 Å². The largest absolute Gasteiger partial charge is 0.458 e. The number of benzene rings is 9. The van der Waals surface area contributed by atoms with Gasteiger partial charge >= 0.3 is 0 Å². The van der Waals surface area contributed by atoms with E-state index in [-0.39, 0.29) is 13.4 Å². The van der Waals surface area contributed by atoms with Crippen molar-refractivity contribution in [3.05, 3.63) is 193 Å². The van der Waals surface area contributed by atoms with Crippen molar-refractivity contribution >= 4 is 119 Å². The molecule has 0 bridgehead atoms. The highest BCUT2D eigenvalue weighted by Gasteiger charge is 2.49. The topological polar surface area (TPSA) is 27.1 Å². The first-order chi connectivity index (χ1) is 35.2. The van der Waals surface area contributed by atoms with Crippen LogP contribution in [0.5, 0.6) is 11.5 Å². The van der Waals surface area contributed by atoms with Gasteiger partial charge in [0, 0.05) is 87.7 Å². The monoisotopic (exact) mass is 911 g/mol. The molecule has 0 radical (unpaired) electrons. The molecular formula is C63H47B2N5O. The molecule has 0 saturated heterocycles. The van der Waals surface area contributed by atoms with Crippen LogP contribution < -0.4 is 57.1 Å². The van der Waals surface area contributed by atoms with Gasteiger partial charge in [-0.05, 0) is 143 Å². The quantitative estimate of drug-likeness (QED) is 0.165. The summed E-state index contributed by atoms with van der Waals surface area (Å²) in [7, 11) is 0. The average molecular weight is 912 g/mol. The van der Waals surface area contributed by atoms with E-state index in [0.717, 1.165) is 75.3 Å². The Hall–Kier alpha value is -8.09. The number of para-hydroxylation sites is 6. The third kappa shape index (κ3) is 5.14. The Bertz CT molecular complexity index is 3980. The van der Waals surface area contributed by atoms with Crippen LogP contribution in [0.3, 0.4) is 0 Å². The summed E-state index contributed by atoms with van der Waals surface area (Å²) in [6.07, 6.45) is 6.68. The van der Waals surface area contributed by atoms with E-state index >= 15 is 0 Å². The van der Waals surface area contributed by atoms with E-state index in [2.05, 4.69) is 200 Å². The Kier molecular flexibility index (Phi) is 7.78. The van der Waals surface area contributed by atoms with Gasteiger partial charge in [0.2, 0.25) is 0 Å². The first-order valence-electron chi connectivity index (χ1n) is 25.9. The summed E-state index contributed by atoms with van der Waals surface area (Å²) < 4.78 is 9.88. The maximum atomic E-state index is 7.19. The molecule has 1 aromatic heterocycles. The third-order valence-electron chi connectivity index (χ3n) is 17.3. The predicted octanol–water partition coefficient (Wildman–Crippen LogP) is 10.6. The van der Waals surface area contributed by atoms with Crippen LogP contribution in [0, 0.1) is 0 Å². The van der Waals surface area contributed by atoms with Crippen LogP contribution in [0.2, 0.25) is 0 Å². The average Bonchev–Trinajstić information content (AvgIpc) is 3.79. The third-order valence-corrected chi connectivity index (χ3v) is 17.3. The van der Waals surface area contributed by atoms with Crippen LogP contribution in [-0.2, 0) is 19.3 Å². The number of aryl methyl sites for hydroxylation is 3. The smallest absolute Gasteiger partial charge is 0.256 e. The van der Waals surface area contributed by atoms with Crippen LogP contribution >= 0.6 is 0 Å². The SMILES string of the molecule is c1ccc(N2c3cc(N4CCCc5ccccc54)cc4c3B(c3ccccc3O4)c3cc4c5c(c32)c2ccccc2n5-c2cc(N3CCCc5ccccc53)cc3c2B4c2cccc4c2N3CCC4)cc1. The second-order valence-electron chi connectivity index (χ2n) is 20.8. The summed E-state index contributed by atoms with van der Waals surface area (Å²) in [5, 5.41) is 2.60. The standard InChI is InChI=1S/C63H47B2N5O/c1-2-22-42(23-3-1)69-55-36-44(67-32-14-20-40-17-5-9-28-51(40)67)37-57-60(55)64(46-25-7-11-30-56(46)71-57)48-38-49-63-58(62(48)69)45-24-6-10-29-52(45)70(63)54-35-43(66-31-13-19-39-16-4-8-27-50(39)66)34-53-59(54)65(49)47-26-12-18-41-21-15-33-68(53)61(41)47/h1-12,16-18,22-30,34-38H,13-15,19-21,31-33H2. The van der Waals surface area contributed by atoms with Crippen molar-refractivity contribution in [2.75, 3.05) is 39.2 Å². The van der Waals surface area contributed by atoms with Gasteiger partial charge in [0.1, 0.15) is 11.5 Å². The van der Waals surface area contributed by atoms with Gasteiger partial charge in [-0.2, -0.15) is 0 Å². The Balaban J connectivity index is 1.02. The van der Waals surface area contributed by atoms with E-state index in [1.807, 2.05) is 0 Å². The van der Waals surface area contributed by atoms with Gasteiger partial charge < -0.3 is 28.9 Å². The molecule has 0 amide bonds. The number of nitrogens with zero attached hydrogens (tertiary/aromatic N) is 5. The molecule has 17 rings (SSSR count). The molecular weight excluding hydrogens is 864 g/mol. The number of anilines is 9. The first-order valence-corrected chi connectivity index (χ1v) is 25.9. The first kappa shape index (κ1) is 38.7. The van der Waals surface area contributed by atoms with E-state index in [1.54, 1.807) is 0 Å². The molecule has 0 aliphatic carbocycles. The molecule has 0 saturated carbocycles. The van der Waals surface area contributed by atoms with E-state index in [4.69, 9.17) is 4.74 Å². The molecule has 336 valence electrons. The summed E-state index contributed by atoms with van der Waals surface area (Å²) in [4.78, 5) is 10.5. The van der Waals surface area contributed by atoms with Crippen LogP contribution in [0.15, 0.2) is 176 Å². The normalized spacial score (nSPS) is 16.2. The molecule has 0 fully saturated rings. The summed E-state index contributed by atoms with van der Waals surface area (Å²) in [5.74, 6) is 1.88. The maximum Gasteiger partial charge on any atom is 0.256 e. The molecule has 8 heteroatoms. The number of hydrogen-bond acceptors (Lipinski definition) is 5. The Morgan fingerprint density at radius 1 is 0.394 bits per heavy atom. The zero-order chi connectivity index (χ0) is 46.1. The van der Waals surface area contributed by atoms with Crippen LogP contribution in [0.1, 0.15) is 36.0 Å². The fourth-order valence-electron chi connectivity index (χ4n) is 14.5. The zero-order valence-electron chi connectivity index (χ0n) is 39.4. The van der Waals surface area contributed by atoms with Crippen molar-refractivity contribution in [2.24, 2.45) is 0 Å². The Labute approximate surface area is 414 Å².